The van der Waals surface area contributed by atoms with Crippen LogP contribution >= 0.6 is 21.6 Å². The molecule has 0 radical (unpaired) electrons. The van der Waals surface area contributed by atoms with E-state index in [1.807, 2.05) is 0 Å². The Morgan fingerprint density at radius 3 is 2.86 bits per heavy atom. The van der Waals surface area contributed by atoms with Crippen molar-refractivity contribution in [3.8, 4) is 0 Å². The first kappa shape index (κ1) is 7.40. The van der Waals surface area contributed by atoms with Crippen LogP contribution in [0.4, 0.5) is 0 Å². The van der Waals surface area contributed by atoms with E-state index in [2.05, 4.69) is 6.58 Å². The van der Waals surface area contributed by atoms with E-state index in [1.165, 1.54) is 0 Å². The molecule has 0 aliphatic rings. The second-order valence-corrected chi connectivity index (χ2v) is 3.26. The van der Waals surface area contributed by atoms with E-state index >= 15 is 0 Å². The smallest absolute Gasteiger partial charge is 0.0530 e. The second-order valence-electron chi connectivity index (χ2n) is 0.808. The molecule has 0 saturated heterocycles. The Morgan fingerprint density at radius 1 is 1.71 bits per heavy atom. The summed E-state index contributed by atoms with van der Waals surface area (Å²) in [7, 11) is 3.16. The highest BCUT2D eigenvalue weighted by Crippen LogP contribution is 2.19. The molecule has 0 atom stereocenters. The number of aliphatic hydroxyl groups is 1. The van der Waals surface area contributed by atoms with Gasteiger partial charge < -0.3 is 5.11 Å². The van der Waals surface area contributed by atoms with Gasteiger partial charge in [-0.15, -0.1) is 0 Å². The minimum atomic E-state index is 0.255. The lowest BCUT2D eigenvalue weighted by Crippen LogP contribution is -1.80. The van der Waals surface area contributed by atoms with Gasteiger partial charge in [0.05, 0.1) is 6.61 Å². The molecule has 0 aromatic rings. The Balaban J connectivity index is 2.56. The molecular formula is C4H8OS2. The number of aliphatic hydroxyl groups excluding tert-OH is 1. The first-order valence-electron chi connectivity index (χ1n) is 1.92. The average molecular weight is 136 g/mol. The largest absolute Gasteiger partial charge is 0.395 e. The molecule has 7 heavy (non-hydrogen) atoms. The summed E-state index contributed by atoms with van der Waals surface area (Å²) in [6.07, 6.45) is 0. The maximum Gasteiger partial charge on any atom is 0.0530 e. The lowest BCUT2D eigenvalue weighted by Gasteiger charge is -1.87. The van der Waals surface area contributed by atoms with Gasteiger partial charge in [0.15, 0.2) is 0 Å². The van der Waals surface area contributed by atoms with Crippen LogP contribution in [-0.2, 0) is 0 Å². The number of hydrogen-bond acceptors (Lipinski definition) is 3. The van der Waals surface area contributed by atoms with Gasteiger partial charge in [0.25, 0.3) is 0 Å². The van der Waals surface area contributed by atoms with Crippen LogP contribution in [0.2, 0.25) is 0 Å². The van der Waals surface area contributed by atoms with Crippen LogP contribution in [0.1, 0.15) is 0 Å². The van der Waals surface area contributed by atoms with Crippen LogP contribution in [0.15, 0.2) is 12.0 Å². The zero-order valence-corrected chi connectivity index (χ0v) is 5.60. The molecule has 1 N–H and O–H groups in total. The molecule has 0 unspecified atom stereocenters. The fourth-order valence-electron chi connectivity index (χ4n) is 0.133. The molecular weight excluding hydrogens is 128 g/mol. The highest BCUT2D eigenvalue weighted by Gasteiger charge is 1.78. The quantitative estimate of drug-likeness (QED) is 0.467. The molecule has 0 heterocycles. The second kappa shape index (κ2) is 6.40. The van der Waals surface area contributed by atoms with Crippen molar-refractivity contribution in [2.45, 2.75) is 0 Å². The first-order chi connectivity index (χ1) is 3.41. The fourth-order valence-corrected chi connectivity index (χ4v) is 1.20. The summed E-state index contributed by atoms with van der Waals surface area (Å²) < 4.78 is 0. The Kier molecular flexibility index (Phi) is 6.77. The van der Waals surface area contributed by atoms with E-state index in [9.17, 15) is 0 Å². The Labute approximate surface area is 51.6 Å². The fraction of sp³-hybridized carbons (Fsp3) is 0.500. The molecule has 0 saturated carbocycles. The monoisotopic (exact) mass is 136 g/mol. The zero-order chi connectivity index (χ0) is 5.54. The van der Waals surface area contributed by atoms with E-state index in [0.717, 1.165) is 5.75 Å². The van der Waals surface area contributed by atoms with E-state index in [4.69, 9.17) is 5.11 Å². The molecule has 0 aliphatic carbocycles. The molecule has 1 nitrogen and oxygen atoms in total. The van der Waals surface area contributed by atoms with Gasteiger partial charge in [-0.25, -0.2) is 0 Å². The third-order valence-electron chi connectivity index (χ3n) is 0.311. The average Bonchev–Trinajstić information content (AvgIpc) is 1.69. The van der Waals surface area contributed by atoms with Crippen LogP contribution in [0.3, 0.4) is 0 Å². The van der Waals surface area contributed by atoms with E-state index in [-0.39, 0.29) is 6.61 Å². The van der Waals surface area contributed by atoms with Crippen molar-refractivity contribution in [2.24, 2.45) is 0 Å². The number of hydrogen-bond donors (Lipinski definition) is 1. The van der Waals surface area contributed by atoms with Crippen LogP contribution < -0.4 is 0 Å². The van der Waals surface area contributed by atoms with Crippen molar-refractivity contribution in [3.63, 3.8) is 0 Å². The van der Waals surface area contributed by atoms with Gasteiger partial charge in [0.2, 0.25) is 0 Å². The summed E-state index contributed by atoms with van der Waals surface area (Å²) in [5.74, 6) is 0.788. The molecule has 0 rings (SSSR count). The molecule has 0 bridgehead atoms. The lowest BCUT2D eigenvalue weighted by molar-refractivity contribution is 0.323. The molecule has 0 amide bonds. The Hall–Kier alpha value is 0.400. The van der Waals surface area contributed by atoms with E-state index < -0.39 is 0 Å². The molecule has 0 aromatic carbocycles. The van der Waals surface area contributed by atoms with Crippen LogP contribution in [0.5, 0.6) is 0 Å². The van der Waals surface area contributed by atoms with E-state index in [0.29, 0.717) is 0 Å². The molecule has 0 fully saturated rings. The molecule has 0 spiro atoms. The van der Waals surface area contributed by atoms with Crippen molar-refractivity contribution in [3.05, 3.63) is 12.0 Å². The van der Waals surface area contributed by atoms with Gasteiger partial charge >= 0.3 is 0 Å². The van der Waals surface area contributed by atoms with Crippen molar-refractivity contribution < 1.29 is 5.11 Å². The molecule has 0 aliphatic heterocycles. The summed E-state index contributed by atoms with van der Waals surface area (Å²) in [5, 5.41) is 9.97. The van der Waals surface area contributed by atoms with Gasteiger partial charge in [0, 0.05) is 5.75 Å². The summed E-state index contributed by atoms with van der Waals surface area (Å²) >= 11 is 0. The highest BCUT2D eigenvalue weighted by molar-refractivity contribution is 8.77. The number of rotatable bonds is 4. The van der Waals surface area contributed by atoms with Gasteiger partial charge in [-0.1, -0.05) is 28.2 Å². The standard InChI is InChI=1S/C4H8OS2/c1-2-6-7-4-3-5/h2,5H,1,3-4H2. The van der Waals surface area contributed by atoms with Gasteiger partial charge in [-0.05, 0) is 5.41 Å². The van der Waals surface area contributed by atoms with E-state index in [1.54, 1.807) is 27.0 Å². The zero-order valence-electron chi connectivity index (χ0n) is 3.96. The maximum absolute atomic E-state index is 8.22. The van der Waals surface area contributed by atoms with Crippen LogP contribution in [0.25, 0.3) is 0 Å². The van der Waals surface area contributed by atoms with Crippen molar-refractivity contribution in [1.29, 1.82) is 0 Å². The predicted octanol–water partition coefficient (Wildman–Crippen LogP) is 1.50. The Morgan fingerprint density at radius 2 is 2.43 bits per heavy atom. The molecule has 0 aromatic heterocycles. The van der Waals surface area contributed by atoms with Crippen molar-refractivity contribution in [2.75, 3.05) is 12.4 Å². The normalized spacial score (nSPS) is 8.71. The summed E-state index contributed by atoms with van der Waals surface area (Å²) in [4.78, 5) is 0. The van der Waals surface area contributed by atoms with Crippen LogP contribution in [-0.4, -0.2) is 17.5 Å². The Bertz CT molecular complexity index is 47.0. The SMILES string of the molecule is C=CSSCCO. The summed E-state index contributed by atoms with van der Waals surface area (Å²) in [6, 6.07) is 0. The molecule has 42 valence electrons. The minimum absolute atomic E-state index is 0.255. The molecule has 3 heteroatoms. The van der Waals surface area contributed by atoms with Gasteiger partial charge in [-0.2, -0.15) is 0 Å². The first-order valence-corrected chi connectivity index (χ1v) is 4.30. The van der Waals surface area contributed by atoms with Gasteiger partial charge in [-0.3, -0.25) is 0 Å². The predicted molar refractivity (Wildman–Crippen MR) is 37.3 cm³/mol. The third kappa shape index (κ3) is 6.40. The topological polar surface area (TPSA) is 20.2 Å². The maximum atomic E-state index is 8.22. The highest BCUT2D eigenvalue weighted by atomic mass is 33.1. The van der Waals surface area contributed by atoms with Gasteiger partial charge in [0.1, 0.15) is 0 Å². The summed E-state index contributed by atoms with van der Waals surface area (Å²) in [5.41, 5.74) is 0. The van der Waals surface area contributed by atoms with Crippen LogP contribution in [0, 0.1) is 0 Å². The summed E-state index contributed by atoms with van der Waals surface area (Å²) in [6.45, 7) is 3.75. The minimum Gasteiger partial charge on any atom is -0.395 e. The lowest BCUT2D eigenvalue weighted by atomic mass is 10.9. The van der Waals surface area contributed by atoms with Crippen molar-refractivity contribution >= 4 is 21.6 Å². The third-order valence-corrected chi connectivity index (χ3v) is 2.25. The van der Waals surface area contributed by atoms with Crippen molar-refractivity contribution in [1.82, 2.24) is 0 Å².